The number of allylic oxidation sites excluding steroid dienone is 6. The molecule has 1 atom stereocenters. The molecule has 0 rings (SSSR count). The highest BCUT2D eigenvalue weighted by molar-refractivity contribution is 5.71. The van der Waals surface area contributed by atoms with Crippen LogP contribution in [0.15, 0.2) is 36.5 Å². The largest absolute Gasteiger partial charge is 0.462 e. The van der Waals surface area contributed by atoms with Crippen molar-refractivity contribution >= 4 is 17.9 Å². The first-order valence-corrected chi connectivity index (χ1v) is 25.0. The minimum absolute atomic E-state index is 0.0779. The Morgan fingerprint density at radius 2 is 0.655 bits per heavy atom. The molecule has 0 saturated heterocycles. The van der Waals surface area contributed by atoms with Gasteiger partial charge in [-0.2, -0.15) is 0 Å². The topological polar surface area (TPSA) is 78.9 Å². The normalized spacial score (nSPS) is 12.3. The van der Waals surface area contributed by atoms with Crippen LogP contribution in [-0.2, 0) is 28.6 Å². The molecule has 0 saturated carbocycles. The smallest absolute Gasteiger partial charge is 0.306 e. The van der Waals surface area contributed by atoms with Gasteiger partial charge in [0.15, 0.2) is 6.10 Å². The van der Waals surface area contributed by atoms with Gasteiger partial charge in [-0.25, -0.2) is 0 Å². The average molecular weight is 815 g/mol. The minimum Gasteiger partial charge on any atom is -0.462 e. The quantitative estimate of drug-likeness (QED) is 0.0264. The summed E-state index contributed by atoms with van der Waals surface area (Å²) < 4.78 is 16.7. The van der Waals surface area contributed by atoms with Crippen LogP contribution in [0.4, 0.5) is 0 Å². The van der Waals surface area contributed by atoms with Gasteiger partial charge in [0.2, 0.25) is 0 Å². The Labute approximate surface area is 359 Å². The minimum atomic E-state index is -0.777. The van der Waals surface area contributed by atoms with Crippen molar-refractivity contribution in [2.45, 2.75) is 264 Å². The van der Waals surface area contributed by atoms with Crippen molar-refractivity contribution in [2.24, 2.45) is 0 Å². The van der Waals surface area contributed by atoms with Gasteiger partial charge in [0.25, 0.3) is 0 Å². The van der Waals surface area contributed by atoms with E-state index in [1.807, 2.05) is 0 Å². The van der Waals surface area contributed by atoms with E-state index in [0.717, 1.165) is 103 Å². The zero-order valence-corrected chi connectivity index (χ0v) is 38.6. The Morgan fingerprint density at radius 1 is 0.345 bits per heavy atom. The van der Waals surface area contributed by atoms with Gasteiger partial charge in [-0.15, -0.1) is 0 Å². The lowest BCUT2D eigenvalue weighted by Crippen LogP contribution is -2.30. The van der Waals surface area contributed by atoms with Crippen LogP contribution in [0, 0.1) is 0 Å². The van der Waals surface area contributed by atoms with Crippen molar-refractivity contribution in [1.29, 1.82) is 0 Å². The molecular weight excluding hydrogens is 721 g/mol. The maximum Gasteiger partial charge on any atom is 0.306 e. The van der Waals surface area contributed by atoms with Crippen LogP contribution in [-0.4, -0.2) is 37.2 Å². The van der Waals surface area contributed by atoms with E-state index in [2.05, 4.69) is 57.2 Å². The van der Waals surface area contributed by atoms with E-state index < -0.39 is 6.10 Å². The molecule has 0 N–H and O–H groups in total. The van der Waals surface area contributed by atoms with Crippen LogP contribution < -0.4 is 0 Å². The van der Waals surface area contributed by atoms with Gasteiger partial charge in [-0.3, -0.25) is 14.4 Å². The molecule has 0 spiro atoms. The van der Waals surface area contributed by atoms with E-state index in [0.29, 0.717) is 19.3 Å². The highest BCUT2D eigenvalue weighted by Gasteiger charge is 2.19. The predicted molar refractivity (Wildman–Crippen MR) is 247 cm³/mol. The fourth-order valence-electron chi connectivity index (χ4n) is 7.07. The third-order valence-corrected chi connectivity index (χ3v) is 10.8. The molecule has 0 aromatic rings. The first kappa shape index (κ1) is 55.6. The third kappa shape index (κ3) is 44.7. The summed E-state index contributed by atoms with van der Waals surface area (Å²) in [6, 6.07) is 0. The van der Waals surface area contributed by atoms with E-state index in [1.165, 1.54) is 116 Å². The molecule has 0 aliphatic carbocycles. The summed E-state index contributed by atoms with van der Waals surface area (Å²) in [5.74, 6) is -0.896. The second-order valence-electron chi connectivity index (χ2n) is 16.7. The predicted octanol–water partition coefficient (Wildman–Crippen LogP) is 16.1. The lowest BCUT2D eigenvalue weighted by atomic mass is 10.0. The average Bonchev–Trinajstić information content (AvgIpc) is 3.22. The van der Waals surface area contributed by atoms with E-state index in [-0.39, 0.29) is 31.1 Å². The number of hydrogen-bond acceptors (Lipinski definition) is 6. The number of esters is 3. The zero-order valence-electron chi connectivity index (χ0n) is 38.6. The van der Waals surface area contributed by atoms with Crippen LogP contribution in [0.1, 0.15) is 258 Å². The highest BCUT2D eigenvalue weighted by atomic mass is 16.6. The van der Waals surface area contributed by atoms with Crippen molar-refractivity contribution in [3.63, 3.8) is 0 Å². The van der Waals surface area contributed by atoms with Gasteiger partial charge < -0.3 is 14.2 Å². The Bertz CT molecular complexity index is 984. The standard InChI is InChI=1S/C52H94O6/c1-4-7-10-13-16-19-22-24-25-26-27-29-30-33-36-39-42-45-51(54)57-48-49(47-56-50(53)44-41-38-35-32-21-18-15-12-9-6-3)58-52(55)46-43-40-37-34-31-28-23-20-17-14-11-8-5-2/h11-12,14-15,20,23,49H,4-10,13,16-19,21-22,24-48H2,1-3H3/b14-11-,15-12-,23-20-. The maximum atomic E-state index is 12.7. The Balaban J connectivity index is 4.32. The molecular formula is C52H94O6. The van der Waals surface area contributed by atoms with Crippen molar-refractivity contribution < 1.29 is 28.6 Å². The second-order valence-corrected chi connectivity index (χ2v) is 16.7. The lowest BCUT2D eigenvalue weighted by molar-refractivity contribution is -0.167. The second kappa shape index (κ2) is 47.3. The summed E-state index contributed by atoms with van der Waals surface area (Å²) >= 11 is 0. The van der Waals surface area contributed by atoms with Gasteiger partial charge in [0.05, 0.1) is 0 Å². The summed E-state index contributed by atoms with van der Waals surface area (Å²) in [6.45, 7) is 6.51. The van der Waals surface area contributed by atoms with Crippen LogP contribution in [0.2, 0.25) is 0 Å². The molecule has 0 aliphatic heterocycles. The van der Waals surface area contributed by atoms with Crippen molar-refractivity contribution in [3.8, 4) is 0 Å². The number of ether oxygens (including phenoxy) is 3. The summed E-state index contributed by atoms with van der Waals surface area (Å²) in [6.07, 6.45) is 54.2. The first-order valence-electron chi connectivity index (χ1n) is 25.0. The Morgan fingerprint density at radius 3 is 1.05 bits per heavy atom. The molecule has 0 amide bonds. The fourth-order valence-corrected chi connectivity index (χ4v) is 7.07. The highest BCUT2D eigenvalue weighted by Crippen LogP contribution is 2.16. The summed E-state index contributed by atoms with van der Waals surface area (Å²) in [5.41, 5.74) is 0. The number of carbonyl (C=O) groups is 3. The van der Waals surface area contributed by atoms with Crippen LogP contribution in [0.5, 0.6) is 0 Å². The zero-order chi connectivity index (χ0) is 42.3. The fraction of sp³-hybridized carbons (Fsp3) is 0.827. The number of carbonyl (C=O) groups excluding carboxylic acids is 3. The van der Waals surface area contributed by atoms with Gasteiger partial charge in [0.1, 0.15) is 13.2 Å². The van der Waals surface area contributed by atoms with Crippen LogP contribution >= 0.6 is 0 Å². The van der Waals surface area contributed by atoms with Crippen LogP contribution in [0.3, 0.4) is 0 Å². The summed E-state index contributed by atoms with van der Waals surface area (Å²) in [7, 11) is 0. The number of hydrogen-bond donors (Lipinski definition) is 0. The molecule has 6 heteroatoms. The molecule has 58 heavy (non-hydrogen) atoms. The molecule has 6 nitrogen and oxygen atoms in total. The van der Waals surface area contributed by atoms with E-state index >= 15 is 0 Å². The number of unbranched alkanes of at least 4 members (excludes halogenated alkanes) is 28. The first-order chi connectivity index (χ1) is 28.5. The van der Waals surface area contributed by atoms with Crippen molar-refractivity contribution in [1.82, 2.24) is 0 Å². The molecule has 1 unspecified atom stereocenters. The SMILES string of the molecule is CCC/C=C\C/C=C\CCCCCCCC(=O)OC(COC(=O)CCCCCCC/C=C\CCC)COC(=O)CCCCCCCCCCCCCCCCCCC. The summed E-state index contributed by atoms with van der Waals surface area (Å²) in [5, 5.41) is 0. The molecule has 0 aliphatic rings. The molecule has 0 aromatic carbocycles. The van der Waals surface area contributed by atoms with Gasteiger partial charge in [-0.1, -0.05) is 211 Å². The Hall–Kier alpha value is -2.37. The van der Waals surface area contributed by atoms with Gasteiger partial charge in [0, 0.05) is 19.3 Å². The molecule has 0 fully saturated rings. The monoisotopic (exact) mass is 815 g/mol. The van der Waals surface area contributed by atoms with Crippen molar-refractivity contribution in [3.05, 3.63) is 36.5 Å². The molecule has 0 bridgehead atoms. The van der Waals surface area contributed by atoms with Crippen molar-refractivity contribution in [2.75, 3.05) is 13.2 Å². The third-order valence-electron chi connectivity index (χ3n) is 10.8. The van der Waals surface area contributed by atoms with E-state index in [4.69, 9.17) is 14.2 Å². The number of rotatable bonds is 45. The molecule has 0 aromatic heterocycles. The van der Waals surface area contributed by atoms with Gasteiger partial charge >= 0.3 is 17.9 Å². The molecule has 0 radical (unpaired) electrons. The van der Waals surface area contributed by atoms with E-state index in [9.17, 15) is 14.4 Å². The van der Waals surface area contributed by atoms with Gasteiger partial charge in [-0.05, 0) is 64.2 Å². The lowest BCUT2D eigenvalue weighted by Gasteiger charge is -2.18. The summed E-state index contributed by atoms with van der Waals surface area (Å²) in [4.78, 5) is 37.8. The Kier molecular flexibility index (Phi) is 45.4. The van der Waals surface area contributed by atoms with E-state index in [1.54, 1.807) is 0 Å². The molecule has 338 valence electrons. The maximum absolute atomic E-state index is 12.7. The van der Waals surface area contributed by atoms with Crippen LogP contribution in [0.25, 0.3) is 0 Å². The molecule has 0 heterocycles.